The molecule has 1 fully saturated rings. The van der Waals surface area contributed by atoms with Gasteiger partial charge in [0.25, 0.3) is 5.91 Å². The van der Waals surface area contributed by atoms with Crippen molar-refractivity contribution >= 4 is 27.4 Å². The third-order valence-electron chi connectivity index (χ3n) is 5.16. The zero-order valence-corrected chi connectivity index (χ0v) is 18.4. The predicted octanol–water partition coefficient (Wildman–Crippen LogP) is 2.51. The van der Waals surface area contributed by atoms with Crippen molar-refractivity contribution in [2.45, 2.75) is 25.7 Å². The number of aryl methyl sites for hydroxylation is 1. The lowest BCUT2D eigenvalue weighted by molar-refractivity contribution is 0.0730. The number of sulfonamides is 1. The Balaban J connectivity index is 1.79. The first-order valence-electron chi connectivity index (χ1n) is 10.1. The van der Waals surface area contributed by atoms with Crippen molar-refractivity contribution in [3.63, 3.8) is 0 Å². The summed E-state index contributed by atoms with van der Waals surface area (Å²) in [5.74, 6) is 0.476. The van der Waals surface area contributed by atoms with Crippen molar-refractivity contribution in [1.29, 1.82) is 0 Å². The molecule has 1 aliphatic rings. The number of hydrogen-bond donors (Lipinski definition) is 1. The van der Waals surface area contributed by atoms with Crippen LogP contribution in [0.3, 0.4) is 0 Å². The molecule has 162 valence electrons. The summed E-state index contributed by atoms with van der Waals surface area (Å²) in [5.41, 5.74) is 1.64. The first kappa shape index (κ1) is 22.2. The van der Waals surface area contributed by atoms with Gasteiger partial charge in [-0.25, -0.2) is 13.4 Å². The summed E-state index contributed by atoms with van der Waals surface area (Å²) >= 11 is 0. The second-order valence-electron chi connectivity index (χ2n) is 7.02. The van der Waals surface area contributed by atoms with Crippen LogP contribution in [0.1, 0.15) is 29.8 Å². The SMILES string of the molecule is CCN(CC)c1ccc(C(=O)Nc2cc(S(=O)(=O)N3CCOCC3)ccc2C)cn1. The molecule has 0 unspecified atom stereocenters. The van der Waals surface area contributed by atoms with E-state index in [-0.39, 0.29) is 10.8 Å². The topological polar surface area (TPSA) is 91.8 Å². The average Bonchev–Trinajstić information content (AvgIpc) is 2.77. The molecule has 0 aliphatic carbocycles. The lowest BCUT2D eigenvalue weighted by atomic mass is 10.2. The Kier molecular flexibility index (Phi) is 7.06. The summed E-state index contributed by atoms with van der Waals surface area (Å²) in [6.45, 7) is 8.99. The number of rotatable bonds is 7. The van der Waals surface area contributed by atoms with Gasteiger partial charge >= 0.3 is 0 Å². The van der Waals surface area contributed by atoms with Crippen molar-refractivity contribution in [2.75, 3.05) is 49.6 Å². The minimum Gasteiger partial charge on any atom is -0.379 e. The first-order valence-corrected chi connectivity index (χ1v) is 11.5. The van der Waals surface area contributed by atoms with Crippen LogP contribution < -0.4 is 10.2 Å². The highest BCUT2D eigenvalue weighted by atomic mass is 32.2. The van der Waals surface area contributed by atoms with E-state index in [2.05, 4.69) is 15.2 Å². The molecule has 1 aromatic carbocycles. The summed E-state index contributed by atoms with van der Waals surface area (Å²) in [7, 11) is -3.64. The number of amides is 1. The van der Waals surface area contributed by atoms with Crippen molar-refractivity contribution < 1.29 is 17.9 Å². The summed E-state index contributed by atoms with van der Waals surface area (Å²) < 4.78 is 32.5. The standard InChI is InChI=1S/C21H28N4O4S/c1-4-24(5-2)20-9-7-17(15-22-20)21(26)23-19-14-18(8-6-16(19)3)30(27,28)25-10-12-29-13-11-25/h6-9,14-15H,4-5,10-13H2,1-3H3,(H,23,26). The molecule has 0 atom stereocenters. The van der Waals surface area contributed by atoms with Gasteiger partial charge in [-0.2, -0.15) is 4.31 Å². The average molecular weight is 433 g/mol. The molecule has 0 saturated carbocycles. The van der Waals surface area contributed by atoms with Crippen LogP contribution >= 0.6 is 0 Å². The maximum absolute atomic E-state index is 12.9. The van der Waals surface area contributed by atoms with Crippen LogP contribution in [0, 0.1) is 6.92 Å². The van der Waals surface area contributed by atoms with E-state index in [0.717, 1.165) is 24.5 Å². The van der Waals surface area contributed by atoms with E-state index in [1.807, 2.05) is 26.8 Å². The Hall–Kier alpha value is -2.49. The first-order chi connectivity index (χ1) is 14.4. The molecule has 8 nitrogen and oxygen atoms in total. The molecule has 0 radical (unpaired) electrons. The van der Waals surface area contributed by atoms with Crippen LogP contribution in [0.5, 0.6) is 0 Å². The minimum atomic E-state index is -3.64. The second kappa shape index (κ2) is 9.55. The van der Waals surface area contributed by atoms with Gasteiger partial charge in [-0.3, -0.25) is 4.79 Å². The van der Waals surface area contributed by atoms with Gasteiger partial charge in [-0.05, 0) is 50.6 Å². The van der Waals surface area contributed by atoms with Crippen molar-refractivity contribution in [2.24, 2.45) is 0 Å². The fourth-order valence-corrected chi connectivity index (χ4v) is 4.72. The van der Waals surface area contributed by atoms with Gasteiger partial charge in [0.15, 0.2) is 0 Å². The number of anilines is 2. The van der Waals surface area contributed by atoms with Gasteiger partial charge in [0.1, 0.15) is 5.82 Å². The van der Waals surface area contributed by atoms with E-state index in [4.69, 9.17) is 4.74 Å². The quantitative estimate of drug-likeness (QED) is 0.723. The smallest absolute Gasteiger partial charge is 0.257 e. The van der Waals surface area contributed by atoms with Crippen LogP contribution in [0.4, 0.5) is 11.5 Å². The lowest BCUT2D eigenvalue weighted by Crippen LogP contribution is -2.40. The number of nitrogens with zero attached hydrogens (tertiary/aromatic N) is 3. The molecule has 3 rings (SSSR count). The third-order valence-corrected chi connectivity index (χ3v) is 7.06. The number of nitrogens with one attached hydrogen (secondary N) is 1. The maximum atomic E-state index is 12.9. The molecule has 2 heterocycles. The molecule has 0 spiro atoms. The van der Waals surface area contributed by atoms with Gasteiger partial charge in [0, 0.05) is 38.1 Å². The van der Waals surface area contributed by atoms with Gasteiger partial charge in [-0.1, -0.05) is 6.07 Å². The Morgan fingerprint density at radius 1 is 1.17 bits per heavy atom. The van der Waals surface area contributed by atoms with Crippen molar-refractivity contribution in [3.05, 3.63) is 47.7 Å². The molecule has 1 aromatic heterocycles. The van der Waals surface area contributed by atoms with E-state index >= 15 is 0 Å². The van der Waals surface area contributed by atoms with E-state index < -0.39 is 10.0 Å². The fourth-order valence-electron chi connectivity index (χ4n) is 3.28. The monoisotopic (exact) mass is 432 g/mol. The molecular formula is C21H28N4O4S. The Morgan fingerprint density at radius 2 is 1.87 bits per heavy atom. The van der Waals surface area contributed by atoms with Crippen molar-refractivity contribution in [3.8, 4) is 0 Å². The van der Waals surface area contributed by atoms with E-state index in [9.17, 15) is 13.2 Å². The Bertz CT molecular complexity index is 983. The summed E-state index contributed by atoms with van der Waals surface area (Å²) in [4.78, 5) is 19.3. The normalized spacial score (nSPS) is 15.0. The van der Waals surface area contributed by atoms with Crippen LogP contribution in [-0.4, -0.2) is 63.0 Å². The highest BCUT2D eigenvalue weighted by molar-refractivity contribution is 7.89. The van der Waals surface area contributed by atoms with E-state index in [0.29, 0.717) is 37.6 Å². The summed E-state index contributed by atoms with van der Waals surface area (Å²) in [6.07, 6.45) is 1.53. The molecule has 0 bridgehead atoms. The van der Waals surface area contributed by atoms with Crippen LogP contribution in [0.25, 0.3) is 0 Å². The molecule has 30 heavy (non-hydrogen) atoms. The number of aromatic nitrogens is 1. The molecule has 1 saturated heterocycles. The number of ether oxygens (including phenoxy) is 1. The van der Waals surface area contributed by atoms with Crippen LogP contribution in [0.15, 0.2) is 41.4 Å². The van der Waals surface area contributed by atoms with Crippen LogP contribution in [0.2, 0.25) is 0 Å². The zero-order valence-electron chi connectivity index (χ0n) is 17.6. The molecule has 1 amide bonds. The zero-order chi connectivity index (χ0) is 21.7. The van der Waals surface area contributed by atoms with E-state index in [1.165, 1.54) is 16.6 Å². The Morgan fingerprint density at radius 3 is 2.47 bits per heavy atom. The number of benzene rings is 1. The maximum Gasteiger partial charge on any atom is 0.257 e. The number of hydrogen-bond acceptors (Lipinski definition) is 6. The predicted molar refractivity (Wildman–Crippen MR) is 117 cm³/mol. The molecular weight excluding hydrogens is 404 g/mol. The highest BCUT2D eigenvalue weighted by Gasteiger charge is 2.27. The van der Waals surface area contributed by atoms with Crippen molar-refractivity contribution in [1.82, 2.24) is 9.29 Å². The molecule has 1 aliphatic heterocycles. The van der Waals surface area contributed by atoms with Gasteiger partial charge in [0.05, 0.1) is 23.7 Å². The lowest BCUT2D eigenvalue weighted by Gasteiger charge is -2.26. The number of morpholine rings is 1. The van der Waals surface area contributed by atoms with Gasteiger partial charge in [-0.15, -0.1) is 0 Å². The molecule has 9 heteroatoms. The summed E-state index contributed by atoms with van der Waals surface area (Å²) in [5, 5.41) is 2.82. The number of carbonyl (C=O) groups excluding carboxylic acids is 1. The van der Waals surface area contributed by atoms with Gasteiger partial charge < -0.3 is 15.0 Å². The minimum absolute atomic E-state index is 0.153. The largest absolute Gasteiger partial charge is 0.379 e. The fraction of sp³-hybridized carbons (Fsp3) is 0.429. The highest BCUT2D eigenvalue weighted by Crippen LogP contribution is 2.24. The van der Waals surface area contributed by atoms with E-state index in [1.54, 1.807) is 18.2 Å². The summed E-state index contributed by atoms with van der Waals surface area (Å²) in [6, 6.07) is 8.31. The third kappa shape index (κ3) is 4.80. The van der Waals surface area contributed by atoms with Gasteiger partial charge in [0.2, 0.25) is 10.0 Å². The van der Waals surface area contributed by atoms with Crippen LogP contribution in [-0.2, 0) is 14.8 Å². The second-order valence-corrected chi connectivity index (χ2v) is 8.96. The molecule has 2 aromatic rings. The molecule has 1 N–H and O–H groups in total. The Labute approximate surface area is 177 Å². The number of carbonyl (C=O) groups is 1. The number of pyridine rings is 1.